The largest absolute Gasteiger partial charge is 0.392 e. The zero-order chi connectivity index (χ0) is 13.1. The summed E-state index contributed by atoms with van der Waals surface area (Å²) in [4.78, 5) is 2.02. The average Bonchev–Trinajstić information content (AvgIpc) is 2.74. The number of para-hydroxylation sites is 1. The van der Waals surface area contributed by atoms with E-state index >= 15 is 0 Å². The van der Waals surface area contributed by atoms with Crippen LogP contribution in [0.25, 0.3) is 0 Å². The number of anilines is 1. The van der Waals surface area contributed by atoms with E-state index < -0.39 is 0 Å². The topological polar surface area (TPSA) is 41.3 Å². The molecule has 0 spiro atoms. The molecule has 0 aliphatic rings. The first kappa shape index (κ1) is 12.9. The maximum absolute atomic E-state index is 9.36. The predicted molar refractivity (Wildman–Crippen MR) is 72.7 cm³/mol. The molecule has 0 atom stereocenters. The van der Waals surface area contributed by atoms with Gasteiger partial charge in [-0.3, -0.25) is 4.68 Å². The lowest BCUT2D eigenvalue weighted by Gasteiger charge is -2.22. The van der Waals surface area contributed by atoms with Gasteiger partial charge in [-0.1, -0.05) is 23.7 Å². The summed E-state index contributed by atoms with van der Waals surface area (Å²) in [5.41, 5.74) is 2.79. The molecule has 4 nitrogen and oxygen atoms in total. The molecule has 0 saturated carbocycles. The molecule has 0 fully saturated rings. The molecule has 0 aliphatic heterocycles. The summed E-state index contributed by atoms with van der Waals surface area (Å²) in [5.74, 6) is 0. The number of benzene rings is 1. The van der Waals surface area contributed by atoms with Crippen molar-refractivity contribution in [1.29, 1.82) is 0 Å². The Bertz CT molecular complexity index is 539. The van der Waals surface area contributed by atoms with Crippen molar-refractivity contribution in [3.8, 4) is 0 Å². The number of aliphatic hydroxyl groups excluding tert-OH is 1. The molecule has 0 aliphatic carbocycles. The fraction of sp³-hybridized carbons (Fsp3) is 0.308. The Balaban J connectivity index is 2.25. The van der Waals surface area contributed by atoms with E-state index in [1.54, 1.807) is 4.68 Å². The fourth-order valence-corrected chi connectivity index (χ4v) is 2.36. The van der Waals surface area contributed by atoms with Gasteiger partial charge in [0.1, 0.15) is 0 Å². The number of aliphatic hydroxyl groups is 1. The van der Waals surface area contributed by atoms with E-state index in [4.69, 9.17) is 11.6 Å². The first-order valence-electron chi connectivity index (χ1n) is 5.68. The first-order chi connectivity index (χ1) is 8.61. The third-order valence-electron chi connectivity index (χ3n) is 2.80. The normalized spacial score (nSPS) is 10.7. The number of aryl methyl sites for hydroxylation is 1. The van der Waals surface area contributed by atoms with Crippen LogP contribution in [0.2, 0.25) is 5.02 Å². The van der Waals surface area contributed by atoms with Crippen molar-refractivity contribution >= 4 is 17.3 Å². The SMILES string of the molecule is CN(Cc1cnn(C)c1)c1c(Cl)cccc1CO. The van der Waals surface area contributed by atoms with Gasteiger partial charge in [0.05, 0.1) is 23.5 Å². The number of hydrogen-bond donors (Lipinski definition) is 1. The van der Waals surface area contributed by atoms with Crippen molar-refractivity contribution in [3.05, 3.63) is 46.7 Å². The van der Waals surface area contributed by atoms with Crippen LogP contribution in [0.5, 0.6) is 0 Å². The average molecular weight is 266 g/mol. The molecule has 5 heteroatoms. The van der Waals surface area contributed by atoms with Crippen LogP contribution in [-0.4, -0.2) is 21.9 Å². The third kappa shape index (κ3) is 2.66. The second kappa shape index (κ2) is 5.42. The van der Waals surface area contributed by atoms with Gasteiger partial charge in [0, 0.05) is 38.0 Å². The second-order valence-corrected chi connectivity index (χ2v) is 4.69. The first-order valence-corrected chi connectivity index (χ1v) is 6.06. The summed E-state index contributed by atoms with van der Waals surface area (Å²) in [6.45, 7) is 0.678. The summed E-state index contributed by atoms with van der Waals surface area (Å²) in [5, 5.41) is 14.1. The monoisotopic (exact) mass is 265 g/mol. The minimum Gasteiger partial charge on any atom is -0.392 e. The van der Waals surface area contributed by atoms with Gasteiger partial charge in [-0.05, 0) is 6.07 Å². The number of hydrogen-bond acceptors (Lipinski definition) is 3. The van der Waals surface area contributed by atoms with Gasteiger partial charge in [-0.2, -0.15) is 5.10 Å². The summed E-state index contributed by atoms with van der Waals surface area (Å²) in [6.07, 6.45) is 3.79. The van der Waals surface area contributed by atoms with E-state index in [9.17, 15) is 5.11 Å². The van der Waals surface area contributed by atoms with Crippen LogP contribution in [0.15, 0.2) is 30.6 Å². The van der Waals surface area contributed by atoms with Crippen LogP contribution in [0, 0.1) is 0 Å². The summed E-state index contributed by atoms with van der Waals surface area (Å²) >= 11 is 6.20. The lowest BCUT2D eigenvalue weighted by molar-refractivity contribution is 0.282. The van der Waals surface area contributed by atoms with Crippen molar-refractivity contribution in [3.63, 3.8) is 0 Å². The van der Waals surface area contributed by atoms with Crippen LogP contribution < -0.4 is 4.90 Å². The molecule has 1 aromatic carbocycles. The molecular formula is C13H16ClN3O. The minimum atomic E-state index is -0.0206. The zero-order valence-electron chi connectivity index (χ0n) is 10.5. The van der Waals surface area contributed by atoms with Gasteiger partial charge in [-0.15, -0.1) is 0 Å². The van der Waals surface area contributed by atoms with Crippen molar-refractivity contribution < 1.29 is 5.11 Å². The number of nitrogens with zero attached hydrogens (tertiary/aromatic N) is 3. The summed E-state index contributed by atoms with van der Waals surface area (Å²) < 4.78 is 1.77. The molecule has 1 heterocycles. The van der Waals surface area contributed by atoms with Crippen LogP contribution in [-0.2, 0) is 20.2 Å². The van der Waals surface area contributed by atoms with Gasteiger partial charge in [0.25, 0.3) is 0 Å². The van der Waals surface area contributed by atoms with E-state index in [2.05, 4.69) is 5.10 Å². The Labute approximate surface area is 111 Å². The molecule has 2 aromatic rings. The van der Waals surface area contributed by atoms with Crippen LogP contribution in [0.1, 0.15) is 11.1 Å². The van der Waals surface area contributed by atoms with Crippen molar-refractivity contribution in [1.82, 2.24) is 9.78 Å². The highest BCUT2D eigenvalue weighted by Gasteiger charge is 2.12. The Morgan fingerprint density at radius 3 is 2.83 bits per heavy atom. The fourth-order valence-electron chi connectivity index (χ4n) is 2.02. The van der Waals surface area contributed by atoms with Crippen molar-refractivity contribution in [2.75, 3.05) is 11.9 Å². The van der Waals surface area contributed by atoms with E-state index in [0.29, 0.717) is 11.6 Å². The van der Waals surface area contributed by atoms with E-state index in [0.717, 1.165) is 16.8 Å². The Morgan fingerprint density at radius 2 is 2.22 bits per heavy atom. The smallest absolute Gasteiger partial charge is 0.0702 e. The highest BCUT2D eigenvalue weighted by Crippen LogP contribution is 2.30. The van der Waals surface area contributed by atoms with Gasteiger partial charge >= 0.3 is 0 Å². The molecule has 1 N–H and O–H groups in total. The second-order valence-electron chi connectivity index (χ2n) is 4.28. The number of rotatable bonds is 4. The molecule has 0 bridgehead atoms. The summed E-state index contributed by atoms with van der Waals surface area (Å²) in [7, 11) is 3.84. The van der Waals surface area contributed by atoms with Crippen LogP contribution in [0.3, 0.4) is 0 Å². The maximum Gasteiger partial charge on any atom is 0.0702 e. The quantitative estimate of drug-likeness (QED) is 0.922. The zero-order valence-corrected chi connectivity index (χ0v) is 11.2. The Kier molecular flexibility index (Phi) is 3.89. The van der Waals surface area contributed by atoms with Crippen LogP contribution >= 0.6 is 11.6 Å². The number of halogens is 1. The molecular weight excluding hydrogens is 250 g/mol. The molecule has 0 radical (unpaired) electrons. The van der Waals surface area contributed by atoms with Gasteiger partial charge in [0.2, 0.25) is 0 Å². The van der Waals surface area contributed by atoms with E-state index in [1.807, 2.05) is 49.6 Å². The van der Waals surface area contributed by atoms with Gasteiger partial charge < -0.3 is 10.0 Å². The molecule has 18 heavy (non-hydrogen) atoms. The molecule has 0 saturated heterocycles. The van der Waals surface area contributed by atoms with Crippen molar-refractivity contribution in [2.45, 2.75) is 13.2 Å². The van der Waals surface area contributed by atoms with Crippen LogP contribution in [0.4, 0.5) is 5.69 Å². The minimum absolute atomic E-state index is 0.0206. The van der Waals surface area contributed by atoms with E-state index in [-0.39, 0.29) is 6.61 Å². The summed E-state index contributed by atoms with van der Waals surface area (Å²) in [6, 6.07) is 5.55. The lowest BCUT2D eigenvalue weighted by atomic mass is 10.1. The molecule has 96 valence electrons. The van der Waals surface area contributed by atoms with Crippen molar-refractivity contribution in [2.24, 2.45) is 7.05 Å². The van der Waals surface area contributed by atoms with E-state index in [1.165, 1.54) is 0 Å². The number of aromatic nitrogens is 2. The van der Waals surface area contributed by atoms with Gasteiger partial charge in [0.15, 0.2) is 0 Å². The molecule has 0 amide bonds. The Hall–Kier alpha value is -1.52. The Morgan fingerprint density at radius 1 is 1.44 bits per heavy atom. The molecule has 0 unspecified atom stereocenters. The highest BCUT2D eigenvalue weighted by molar-refractivity contribution is 6.33. The predicted octanol–water partition coefficient (Wildman–Crippen LogP) is 2.20. The van der Waals surface area contributed by atoms with Gasteiger partial charge in [-0.25, -0.2) is 0 Å². The maximum atomic E-state index is 9.36. The third-order valence-corrected chi connectivity index (χ3v) is 3.11. The molecule has 2 rings (SSSR count). The lowest BCUT2D eigenvalue weighted by Crippen LogP contribution is -2.18. The standard InChI is InChI=1S/C13H16ClN3O/c1-16(7-10-6-15-17(2)8-10)13-11(9-18)4-3-5-12(13)14/h3-6,8,18H,7,9H2,1-2H3. The molecule has 1 aromatic heterocycles. The highest BCUT2D eigenvalue weighted by atomic mass is 35.5.